The van der Waals surface area contributed by atoms with Crippen molar-refractivity contribution in [2.24, 2.45) is 5.92 Å². The number of benzene rings is 2. The molecule has 0 aromatic heterocycles. The van der Waals surface area contributed by atoms with Gasteiger partial charge in [0.2, 0.25) is 5.91 Å². The van der Waals surface area contributed by atoms with Crippen molar-refractivity contribution in [2.45, 2.75) is 69.0 Å². The molecule has 206 valence electrons. The first-order chi connectivity index (χ1) is 17.9. The van der Waals surface area contributed by atoms with E-state index in [0.717, 1.165) is 18.4 Å². The molecule has 2 aromatic carbocycles. The highest BCUT2D eigenvalue weighted by Gasteiger charge is 2.38. The standard InChI is InChI=1S/C27H29F6N3O2/c28-26(29,30)19-12-18(13-20(14-19)27(31,32)33)24(37)34-15-16-6-8-21(9-7-16)35-25(38)23-11-10-22(36-23)17-4-2-1-3-5-17/h1-5,12-14,16,21-23,36H,6-11,15H2,(H,34,37)(H,35,38). The number of halogens is 6. The van der Waals surface area contributed by atoms with Crippen LogP contribution in [0.4, 0.5) is 26.3 Å². The van der Waals surface area contributed by atoms with Gasteiger partial charge in [-0.25, -0.2) is 0 Å². The molecular formula is C27H29F6N3O2. The number of carbonyl (C=O) groups excluding carboxylic acids is 2. The molecule has 2 amide bonds. The van der Waals surface area contributed by atoms with Gasteiger partial charge in [0, 0.05) is 24.2 Å². The van der Waals surface area contributed by atoms with Crippen molar-refractivity contribution < 1.29 is 35.9 Å². The molecular weight excluding hydrogens is 512 g/mol. The summed E-state index contributed by atoms with van der Waals surface area (Å²) >= 11 is 0. The molecule has 5 nitrogen and oxygen atoms in total. The molecule has 0 bridgehead atoms. The van der Waals surface area contributed by atoms with Crippen molar-refractivity contribution in [1.82, 2.24) is 16.0 Å². The third kappa shape index (κ3) is 7.06. The van der Waals surface area contributed by atoms with E-state index in [9.17, 15) is 35.9 Å². The second-order valence-corrected chi connectivity index (χ2v) is 9.99. The van der Waals surface area contributed by atoms with E-state index in [4.69, 9.17) is 0 Å². The molecule has 0 spiro atoms. The van der Waals surface area contributed by atoms with Crippen LogP contribution in [0.3, 0.4) is 0 Å². The zero-order valence-corrected chi connectivity index (χ0v) is 20.5. The maximum atomic E-state index is 13.1. The number of hydrogen-bond donors (Lipinski definition) is 3. The molecule has 1 aliphatic carbocycles. The van der Waals surface area contributed by atoms with Crippen LogP contribution in [-0.4, -0.2) is 30.4 Å². The lowest BCUT2D eigenvalue weighted by Gasteiger charge is -2.30. The minimum absolute atomic E-state index is 0.00470. The lowest BCUT2D eigenvalue weighted by Crippen LogP contribution is -2.47. The molecule has 2 aliphatic rings. The Balaban J connectivity index is 1.24. The number of amides is 2. The fourth-order valence-corrected chi connectivity index (χ4v) is 5.14. The smallest absolute Gasteiger partial charge is 0.352 e. The van der Waals surface area contributed by atoms with E-state index in [1.165, 1.54) is 0 Å². The van der Waals surface area contributed by atoms with Crippen LogP contribution >= 0.6 is 0 Å². The van der Waals surface area contributed by atoms with Gasteiger partial charge in [-0.2, -0.15) is 26.3 Å². The van der Waals surface area contributed by atoms with E-state index in [1.807, 2.05) is 30.3 Å². The lowest BCUT2D eigenvalue weighted by atomic mass is 9.85. The molecule has 2 aromatic rings. The van der Waals surface area contributed by atoms with Crippen LogP contribution in [0, 0.1) is 5.92 Å². The van der Waals surface area contributed by atoms with Crippen molar-refractivity contribution in [3.05, 3.63) is 70.8 Å². The maximum absolute atomic E-state index is 13.1. The molecule has 3 N–H and O–H groups in total. The van der Waals surface area contributed by atoms with Crippen LogP contribution in [0.2, 0.25) is 0 Å². The van der Waals surface area contributed by atoms with Gasteiger partial charge >= 0.3 is 12.4 Å². The molecule has 38 heavy (non-hydrogen) atoms. The van der Waals surface area contributed by atoms with Gasteiger partial charge in [-0.15, -0.1) is 0 Å². The molecule has 2 atom stereocenters. The molecule has 11 heteroatoms. The molecule has 1 saturated heterocycles. The molecule has 1 saturated carbocycles. The Kier molecular flexibility index (Phi) is 8.34. The number of hydrogen-bond acceptors (Lipinski definition) is 3. The average Bonchev–Trinajstić information content (AvgIpc) is 3.38. The quantitative estimate of drug-likeness (QED) is 0.416. The van der Waals surface area contributed by atoms with Crippen LogP contribution in [0.1, 0.15) is 71.6 Å². The zero-order chi connectivity index (χ0) is 27.5. The summed E-state index contributed by atoms with van der Waals surface area (Å²) in [5, 5.41) is 8.94. The summed E-state index contributed by atoms with van der Waals surface area (Å²) in [6.07, 6.45) is -5.78. The van der Waals surface area contributed by atoms with E-state index in [-0.39, 0.29) is 42.6 Å². The SMILES string of the molecule is O=C(NCC1CCC(NC(=O)C2CCC(c3ccccc3)N2)CC1)c1cc(C(F)(F)F)cc(C(F)(F)F)c1. The third-order valence-corrected chi connectivity index (χ3v) is 7.26. The fourth-order valence-electron chi connectivity index (χ4n) is 5.14. The monoisotopic (exact) mass is 541 g/mol. The minimum Gasteiger partial charge on any atom is -0.352 e. The van der Waals surface area contributed by atoms with Crippen LogP contribution in [0.15, 0.2) is 48.5 Å². The molecule has 4 rings (SSSR count). The lowest BCUT2D eigenvalue weighted by molar-refractivity contribution is -0.143. The number of nitrogens with one attached hydrogen (secondary N) is 3. The summed E-state index contributed by atoms with van der Waals surface area (Å²) in [5.41, 5.74) is -2.60. The van der Waals surface area contributed by atoms with E-state index < -0.39 is 35.0 Å². The largest absolute Gasteiger partial charge is 0.416 e. The number of alkyl halides is 6. The summed E-state index contributed by atoms with van der Waals surface area (Å²) < 4.78 is 78.4. The van der Waals surface area contributed by atoms with Gasteiger partial charge in [0.25, 0.3) is 5.91 Å². The Morgan fingerprint density at radius 3 is 2.00 bits per heavy atom. The molecule has 0 radical (unpaired) electrons. The predicted molar refractivity (Wildman–Crippen MR) is 128 cm³/mol. The Morgan fingerprint density at radius 2 is 1.42 bits per heavy atom. The van der Waals surface area contributed by atoms with Gasteiger partial charge in [0.1, 0.15) is 0 Å². The van der Waals surface area contributed by atoms with Crippen LogP contribution < -0.4 is 16.0 Å². The molecule has 2 unspecified atom stereocenters. The van der Waals surface area contributed by atoms with Crippen molar-refractivity contribution in [3.8, 4) is 0 Å². The normalized spacial score (nSPS) is 24.2. The molecule has 2 fully saturated rings. The van der Waals surface area contributed by atoms with Gasteiger partial charge in [0.15, 0.2) is 0 Å². The van der Waals surface area contributed by atoms with Crippen LogP contribution in [0.5, 0.6) is 0 Å². The maximum Gasteiger partial charge on any atom is 0.416 e. The first-order valence-corrected chi connectivity index (χ1v) is 12.6. The number of carbonyl (C=O) groups is 2. The first kappa shape index (κ1) is 27.9. The summed E-state index contributed by atoms with van der Waals surface area (Å²) in [6, 6.07) is 10.6. The summed E-state index contributed by atoms with van der Waals surface area (Å²) in [7, 11) is 0. The minimum atomic E-state index is -5.02. The molecule has 1 heterocycles. The van der Waals surface area contributed by atoms with Gasteiger partial charge in [-0.05, 0) is 68.2 Å². The second-order valence-electron chi connectivity index (χ2n) is 9.99. The van der Waals surface area contributed by atoms with Gasteiger partial charge in [-0.1, -0.05) is 30.3 Å². The topological polar surface area (TPSA) is 70.2 Å². The third-order valence-electron chi connectivity index (χ3n) is 7.26. The Bertz CT molecular complexity index is 1100. The highest BCUT2D eigenvalue weighted by molar-refractivity contribution is 5.94. The summed E-state index contributed by atoms with van der Waals surface area (Å²) in [4.78, 5) is 25.2. The Morgan fingerprint density at radius 1 is 0.816 bits per heavy atom. The Hall–Kier alpha value is -3.08. The van der Waals surface area contributed by atoms with E-state index in [0.29, 0.717) is 37.8 Å². The van der Waals surface area contributed by atoms with Gasteiger partial charge in [0.05, 0.1) is 17.2 Å². The highest BCUT2D eigenvalue weighted by atomic mass is 19.4. The second kappa shape index (κ2) is 11.3. The fraction of sp³-hybridized carbons (Fsp3) is 0.481. The van der Waals surface area contributed by atoms with Gasteiger partial charge in [-0.3, -0.25) is 14.9 Å². The average molecular weight is 542 g/mol. The van der Waals surface area contributed by atoms with Crippen LogP contribution in [0.25, 0.3) is 0 Å². The predicted octanol–water partition coefficient (Wildman–Crippen LogP) is 5.62. The van der Waals surface area contributed by atoms with Crippen molar-refractivity contribution >= 4 is 11.8 Å². The summed E-state index contributed by atoms with van der Waals surface area (Å²) in [6.45, 7) is 0.125. The number of rotatable bonds is 6. The van der Waals surface area contributed by atoms with E-state index >= 15 is 0 Å². The highest BCUT2D eigenvalue weighted by Crippen LogP contribution is 2.36. The van der Waals surface area contributed by atoms with Crippen molar-refractivity contribution in [3.63, 3.8) is 0 Å². The zero-order valence-electron chi connectivity index (χ0n) is 20.5. The van der Waals surface area contributed by atoms with Gasteiger partial charge < -0.3 is 10.6 Å². The Labute approximate surface area is 216 Å². The summed E-state index contributed by atoms with van der Waals surface area (Å²) in [5.74, 6) is -1.03. The first-order valence-electron chi connectivity index (χ1n) is 12.6. The van der Waals surface area contributed by atoms with Crippen molar-refractivity contribution in [1.29, 1.82) is 0 Å². The van der Waals surface area contributed by atoms with Crippen molar-refractivity contribution in [2.75, 3.05) is 6.54 Å². The van der Waals surface area contributed by atoms with E-state index in [1.54, 1.807) is 0 Å². The van der Waals surface area contributed by atoms with Crippen LogP contribution in [-0.2, 0) is 17.1 Å². The molecule has 1 aliphatic heterocycles. The van der Waals surface area contributed by atoms with E-state index in [2.05, 4.69) is 16.0 Å².